The van der Waals surface area contributed by atoms with E-state index in [9.17, 15) is 0 Å². The Balaban J connectivity index is 2.87. The van der Waals surface area contributed by atoms with E-state index in [2.05, 4.69) is 31.9 Å². The van der Waals surface area contributed by atoms with Crippen LogP contribution < -0.4 is 4.74 Å². The van der Waals surface area contributed by atoms with Gasteiger partial charge in [0, 0.05) is 10.9 Å². The van der Waals surface area contributed by atoms with Crippen LogP contribution in [0.25, 0.3) is 10.8 Å². The molecule has 0 aliphatic heterocycles. The van der Waals surface area contributed by atoms with Crippen LogP contribution in [0.3, 0.4) is 0 Å². The van der Waals surface area contributed by atoms with Crippen LogP contribution in [0, 0.1) is 12.3 Å². The summed E-state index contributed by atoms with van der Waals surface area (Å²) in [6.45, 7) is 4.34. The van der Waals surface area contributed by atoms with Crippen LogP contribution in [0.15, 0.2) is 30.3 Å². The normalized spacial score (nSPS) is 10.5. The van der Waals surface area contributed by atoms with Gasteiger partial charge in [0.05, 0.1) is 7.11 Å². The van der Waals surface area contributed by atoms with Gasteiger partial charge >= 0.3 is 0 Å². The van der Waals surface area contributed by atoms with Crippen molar-refractivity contribution in [2.75, 3.05) is 7.11 Å². The molecule has 2 aromatic carbocycles. The van der Waals surface area contributed by atoms with Gasteiger partial charge in [0.1, 0.15) is 5.75 Å². The van der Waals surface area contributed by atoms with E-state index in [1.165, 1.54) is 10.9 Å². The van der Waals surface area contributed by atoms with Crippen LogP contribution in [-0.4, -0.2) is 7.11 Å². The van der Waals surface area contributed by atoms with E-state index in [1.54, 1.807) is 7.11 Å². The van der Waals surface area contributed by atoms with Crippen molar-refractivity contribution in [1.82, 2.24) is 0 Å². The predicted octanol–water partition coefficient (Wildman–Crippen LogP) is 3.95. The molecule has 2 rings (SSSR count). The van der Waals surface area contributed by atoms with Crippen molar-refractivity contribution in [2.45, 2.75) is 19.8 Å². The van der Waals surface area contributed by atoms with Crippen LogP contribution in [0.4, 0.5) is 0 Å². The smallest absolute Gasteiger partial charge is 0.119 e. The molecule has 0 aromatic heterocycles. The summed E-state index contributed by atoms with van der Waals surface area (Å²) in [5, 5.41) is 2.31. The van der Waals surface area contributed by atoms with E-state index < -0.39 is 0 Å². The Kier molecular flexibility index (Phi) is 3.06. The Morgan fingerprint density at radius 1 is 1.24 bits per heavy atom. The Morgan fingerprint density at radius 2 is 2.00 bits per heavy atom. The highest BCUT2D eigenvalue weighted by molar-refractivity contribution is 5.92. The average molecular weight is 224 g/mol. The van der Waals surface area contributed by atoms with E-state index in [0.717, 1.165) is 16.7 Å². The van der Waals surface area contributed by atoms with E-state index in [4.69, 9.17) is 11.2 Å². The maximum atomic E-state index is 5.57. The van der Waals surface area contributed by atoms with Gasteiger partial charge in [-0.25, -0.2) is 0 Å². The number of rotatable bonds is 2. The molecule has 86 valence electrons. The van der Waals surface area contributed by atoms with Crippen molar-refractivity contribution < 1.29 is 4.74 Å². The molecule has 0 N–H and O–H groups in total. The van der Waals surface area contributed by atoms with Crippen molar-refractivity contribution in [1.29, 1.82) is 0 Å². The fraction of sp³-hybridized carbons (Fsp3) is 0.250. The molecule has 0 bridgehead atoms. The second-order valence-corrected chi connectivity index (χ2v) is 4.42. The number of terminal acetylenes is 1. The Hall–Kier alpha value is -1.94. The van der Waals surface area contributed by atoms with E-state index in [-0.39, 0.29) is 0 Å². The number of hydrogen-bond acceptors (Lipinski definition) is 1. The fourth-order valence-electron chi connectivity index (χ4n) is 2.13. The molecule has 1 heteroatoms. The second-order valence-electron chi connectivity index (χ2n) is 4.42. The average Bonchev–Trinajstić information content (AvgIpc) is 2.36. The summed E-state index contributed by atoms with van der Waals surface area (Å²) in [7, 11) is 1.69. The van der Waals surface area contributed by atoms with Crippen LogP contribution in [0.5, 0.6) is 5.75 Å². The summed E-state index contributed by atoms with van der Waals surface area (Å²) < 4.78 is 5.33. The third kappa shape index (κ3) is 1.99. The first-order chi connectivity index (χ1) is 8.17. The first-order valence-electron chi connectivity index (χ1n) is 5.74. The molecule has 17 heavy (non-hydrogen) atoms. The number of hydrogen-bond donors (Lipinski definition) is 0. The molecule has 0 radical (unpaired) electrons. The molecular weight excluding hydrogens is 208 g/mol. The van der Waals surface area contributed by atoms with Crippen molar-refractivity contribution in [3.05, 3.63) is 41.5 Å². The minimum absolute atomic E-state index is 0.419. The van der Waals surface area contributed by atoms with Crippen molar-refractivity contribution in [2.24, 2.45) is 0 Å². The van der Waals surface area contributed by atoms with Crippen LogP contribution in [0.2, 0.25) is 0 Å². The molecule has 0 spiro atoms. The lowest BCUT2D eigenvalue weighted by Gasteiger charge is -2.14. The summed E-state index contributed by atoms with van der Waals surface area (Å²) in [6, 6.07) is 10.2. The molecule has 0 atom stereocenters. The zero-order chi connectivity index (χ0) is 12.4. The fourth-order valence-corrected chi connectivity index (χ4v) is 2.13. The third-order valence-corrected chi connectivity index (χ3v) is 2.99. The maximum absolute atomic E-state index is 5.57. The molecule has 0 saturated carbocycles. The first kappa shape index (κ1) is 11.5. The molecule has 0 aliphatic carbocycles. The van der Waals surface area contributed by atoms with Gasteiger partial charge in [-0.1, -0.05) is 31.9 Å². The highest BCUT2D eigenvalue weighted by Gasteiger charge is 2.10. The standard InChI is InChI=1S/C16H16O/c1-5-12-7-6-8-13-9-14(17-4)10-15(11(2)3)16(12)13/h1,6-11H,2-4H3. The Bertz CT molecular complexity index is 588. The third-order valence-electron chi connectivity index (χ3n) is 2.99. The molecule has 0 aliphatic rings. The highest BCUT2D eigenvalue weighted by Crippen LogP contribution is 2.32. The van der Waals surface area contributed by atoms with Crippen molar-refractivity contribution >= 4 is 10.8 Å². The molecule has 0 heterocycles. The quantitative estimate of drug-likeness (QED) is 0.702. The number of methoxy groups -OCH3 is 1. The summed E-state index contributed by atoms with van der Waals surface area (Å²) >= 11 is 0. The lowest BCUT2D eigenvalue weighted by atomic mass is 9.92. The topological polar surface area (TPSA) is 9.23 Å². The van der Waals surface area contributed by atoms with Gasteiger partial charge < -0.3 is 4.74 Å². The van der Waals surface area contributed by atoms with Gasteiger partial charge in [-0.15, -0.1) is 6.42 Å². The van der Waals surface area contributed by atoms with Crippen LogP contribution in [0.1, 0.15) is 30.9 Å². The number of fused-ring (bicyclic) bond motifs is 1. The van der Waals surface area contributed by atoms with E-state index in [0.29, 0.717) is 5.92 Å². The zero-order valence-corrected chi connectivity index (χ0v) is 10.4. The predicted molar refractivity (Wildman–Crippen MR) is 72.5 cm³/mol. The largest absolute Gasteiger partial charge is 0.497 e. The van der Waals surface area contributed by atoms with Crippen LogP contribution in [-0.2, 0) is 0 Å². The van der Waals surface area contributed by atoms with Gasteiger partial charge in [0.25, 0.3) is 0 Å². The van der Waals surface area contributed by atoms with Crippen molar-refractivity contribution in [3.8, 4) is 18.1 Å². The zero-order valence-electron chi connectivity index (χ0n) is 10.4. The van der Waals surface area contributed by atoms with E-state index >= 15 is 0 Å². The summed E-state index contributed by atoms with van der Waals surface area (Å²) in [6.07, 6.45) is 5.57. The van der Waals surface area contributed by atoms with Crippen LogP contribution >= 0.6 is 0 Å². The molecule has 0 unspecified atom stereocenters. The summed E-state index contributed by atoms with van der Waals surface area (Å²) in [5.41, 5.74) is 2.20. The first-order valence-corrected chi connectivity index (χ1v) is 5.74. The SMILES string of the molecule is C#Cc1cccc2cc(OC)cc(C(C)C)c12. The summed E-state index contributed by atoms with van der Waals surface area (Å²) in [4.78, 5) is 0. The van der Waals surface area contributed by atoms with Gasteiger partial charge in [0.15, 0.2) is 0 Å². The van der Waals surface area contributed by atoms with Gasteiger partial charge in [-0.05, 0) is 35.1 Å². The van der Waals surface area contributed by atoms with Gasteiger partial charge in [-0.3, -0.25) is 0 Å². The highest BCUT2D eigenvalue weighted by atomic mass is 16.5. The lowest BCUT2D eigenvalue weighted by Crippen LogP contribution is -1.94. The minimum atomic E-state index is 0.419. The molecule has 1 nitrogen and oxygen atoms in total. The van der Waals surface area contributed by atoms with Gasteiger partial charge in [-0.2, -0.15) is 0 Å². The molecule has 2 aromatic rings. The minimum Gasteiger partial charge on any atom is -0.497 e. The Labute approximate surface area is 102 Å². The number of benzene rings is 2. The molecular formula is C16H16O. The monoisotopic (exact) mass is 224 g/mol. The Morgan fingerprint density at radius 3 is 2.59 bits per heavy atom. The molecule has 0 fully saturated rings. The van der Waals surface area contributed by atoms with Gasteiger partial charge in [0.2, 0.25) is 0 Å². The maximum Gasteiger partial charge on any atom is 0.119 e. The van der Waals surface area contributed by atoms with Crippen molar-refractivity contribution in [3.63, 3.8) is 0 Å². The second kappa shape index (κ2) is 4.51. The van der Waals surface area contributed by atoms with E-state index in [1.807, 2.05) is 18.2 Å². The molecule has 0 saturated heterocycles. The lowest BCUT2D eigenvalue weighted by molar-refractivity contribution is 0.414. The molecule has 0 amide bonds. The number of ether oxygens (including phenoxy) is 1. The summed E-state index contributed by atoms with van der Waals surface area (Å²) in [5.74, 6) is 4.07.